The summed E-state index contributed by atoms with van der Waals surface area (Å²) in [7, 11) is 0. The van der Waals surface area contributed by atoms with E-state index in [4.69, 9.17) is 8.83 Å². The second-order valence-corrected chi connectivity index (χ2v) is 7.07. The summed E-state index contributed by atoms with van der Waals surface area (Å²) in [6.45, 7) is 0.928. The summed E-state index contributed by atoms with van der Waals surface area (Å²) in [4.78, 5) is 39.0. The molecule has 3 amide bonds. The zero-order valence-electron chi connectivity index (χ0n) is 16.2. The topological polar surface area (TPSA) is 105 Å². The number of amides is 3. The Bertz CT molecular complexity index is 1030. The van der Waals surface area contributed by atoms with Crippen LogP contribution >= 0.6 is 0 Å². The molecule has 4 rings (SSSR count). The lowest BCUT2D eigenvalue weighted by molar-refractivity contribution is -0.121. The molecular formula is C22H21N3O5. The first kappa shape index (κ1) is 19.5. The first-order valence-electron chi connectivity index (χ1n) is 9.69. The van der Waals surface area contributed by atoms with Crippen molar-refractivity contribution in [2.45, 2.75) is 12.8 Å². The van der Waals surface area contributed by atoms with Crippen LogP contribution in [-0.2, 0) is 4.79 Å². The van der Waals surface area contributed by atoms with Gasteiger partial charge in [0.05, 0.1) is 18.4 Å². The fourth-order valence-corrected chi connectivity index (χ4v) is 3.45. The predicted octanol–water partition coefficient (Wildman–Crippen LogP) is 3.62. The summed E-state index contributed by atoms with van der Waals surface area (Å²) in [5.74, 6) is -0.590. The highest BCUT2D eigenvalue weighted by molar-refractivity contribution is 6.03. The number of anilines is 2. The molecule has 8 nitrogen and oxygen atoms in total. The maximum atomic E-state index is 12.8. The molecule has 1 saturated heterocycles. The summed E-state index contributed by atoms with van der Waals surface area (Å²) in [6, 6.07) is 13.4. The van der Waals surface area contributed by atoms with Crippen molar-refractivity contribution < 1.29 is 23.2 Å². The molecule has 0 saturated carbocycles. The van der Waals surface area contributed by atoms with Crippen molar-refractivity contribution in [3.8, 4) is 0 Å². The van der Waals surface area contributed by atoms with Gasteiger partial charge in [0.15, 0.2) is 11.5 Å². The summed E-state index contributed by atoms with van der Waals surface area (Å²) in [5.41, 5.74) is 1.10. The van der Waals surface area contributed by atoms with Crippen LogP contribution in [0.4, 0.5) is 11.4 Å². The third kappa shape index (κ3) is 4.43. The Kier molecular flexibility index (Phi) is 5.65. The van der Waals surface area contributed by atoms with E-state index >= 15 is 0 Å². The number of nitrogens with zero attached hydrogens (tertiary/aromatic N) is 1. The van der Waals surface area contributed by atoms with E-state index in [-0.39, 0.29) is 35.2 Å². The van der Waals surface area contributed by atoms with Gasteiger partial charge in [-0.15, -0.1) is 0 Å². The van der Waals surface area contributed by atoms with Crippen LogP contribution < -0.4 is 10.6 Å². The van der Waals surface area contributed by atoms with Gasteiger partial charge in [-0.05, 0) is 55.3 Å². The summed E-state index contributed by atoms with van der Waals surface area (Å²) in [6.07, 6.45) is 4.32. The highest BCUT2D eigenvalue weighted by Gasteiger charge is 2.30. The number of hydrogen-bond donors (Lipinski definition) is 2. The van der Waals surface area contributed by atoms with E-state index in [0.29, 0.717) is 30.9 Å². The number of carbonyl (C=O) groups excluding carboxylic acids is 3. The lowest BCUT2D eigenvalue weighted by atomic mass is 9.96. The van der Waals surface area contributed by atoms with Crippen LogP contribution in [0.25, 0.3) is 0 Å². The van der Waals surface area contributed by atoms with Crippen LogP contribution in [0.15, 0.2) is 69.9 Å². The van der Waals surface area contributed by atoms with Gasteiger partial charge in [0.1, 0.15) is 0 Å². The van der Waals surface area contributed by atoms with Gasteiger partial charge in [0.25, 0.3) is 11.8 Å². The van der Waals surface area contributed by atoms with E-state index in [1.54, 1.807) is 53.4 Å². The molecule has 0 radical (unpaired) electrons. The monoisotopic (exact) mass is 407 g/mol. The van der Waals surface area contributed by atoms with E-state index in [0.717, 1.165) is 6.42 Å². The van der Waals surface area contributed by atoms with Crippen molar-refractivity contribution in [3.05, 3.63) is 72.6 Å². The number of furan rings is 2. The largest absolute Gasteiger partial charge is 0.459 e. The molecule has 8 heteroatoms. The van der Waals surface area contributed by atoms with Crippen LogP contribution in [-0.4, -0.2) is 35.7 Å². The maximum Gasteiger partial charge on any atom is 0.291 e. The van der Waals surface area contributed by atoms with E-state index in [1.165, 1.54) is 12.5 Å². The Morgan fingerprint density at radius 2 is 1.60 bits per heavy atom. The summed E-state index contributed by atoms with van der Waals surface area (Å²) >= 11 is 0. The number of piperidine rings is 1. The number of hydrogen-bond acceptors (Lipinski definition) is 5. The van der Waals surface area contributed by atoms with Crippen molar-refractivity contribution in [2.75, 3.05) is 23.7 Å². The molecule has 30 heavy (non-hydrogen) atoms. The summed E-state index contributed by atoms with van der Waals surface area (Å²) in [5, 5.41) is 5.61. The molecule has 154 valence electrons. The lowest BCUT2D eigenvalue weighted by Crippen LogP contribution is -2.43. The molecule has 0 spiro atoms. The smallest absolute Gasteiger partial charge is 0.291 e. The van der Waals surface area contributed by atoms with Gasteiger partial charge in [0, 0.05) is 24.5 Å². The minimum Gasteiger partial charge on any atom is -0.459 e. The highest BCUT2D eigenvalue weighted by Crippen LogP contribution is 2.22. The van der Waals surface area contributed by atoms with Gasteiger partial charge in [-0.3, -0.25) is 14.4 Å². The third-order valence-corrected chi connectivity index (χ3v) is 4.94. The van der Waals surface area contributed by atoms with Crippen LogP contribution in [0.5, 0.6) is 0 Å². The third-order valence-electron chi connectivity index (χ3n) is 4.94. The highest BCUT2D eigenvalue weighted by atomic mass is 16.3. The van der Waals surface area contributed by atoms with E-state index in [2.05, 4.69) is 10.6 Å². The number of benzene rings is 1. The zero-order valence-corrected chi connectivity index (χ0v) is 16.2. The Hall–Kier alpha value is -3.81. The Balaban J connectivity index is 1.37. The molecule has 1 fully saturated rings. The Morgan fingerprint density at radius 3 is 2.30 bits per heavy atom. The van der Waals surface area contributed by atoms with Crippen molar-refractivity contribution >= 4 is 29.1 Å². The van der Waals surface area contributed by atoms with Gasteiger partial charge < -0.3 is 24.4 Å². The quantitative estimate of drug-likeness (QED) is 0.672. The van der Waals surface area contributed by atoms with Crippen LogP contribution in [0.2, 0.25) is 0 Å². The molecule has 0 unspecified atom stereocenters. The van der Waals surface area contributed by atoms with Crippen molar-refractivity contribution in [3.63, 3.8) is 0 Å². The molecule has 2 aromatic heterocycles. The first-order valence-corrected chi connectivity index (χ1v) is 9.69. The molecule has 0 aliphatic carbocycles. The van der Waals surface area contributed by atoms with Crippen LogP contribution in [0, 0.1) is 5.92 Å². The van der Waals surface area contributed by atoms with Crippen molar-refractivity contribution in [2.24, 2.45) is 5.92 Å². The van der Waals surface area contributed by atoms with E-state index < -0.39 is 0 Å². The Labute approximate surface area is 172 Å². The molecule has 0 bridgehead atoms. The molecular weight excluding hydrogens is 386 g/mol. The van der Waals surface area contributed by atoms with Gasteiger partial charge >= 0.3 is 0 Å². The summed E-state index contributed by atoms with van der Waals surface area (Å²) < 4.78 is 10.3. The first-order chi connectivity index (χ1) is 14.6. The fourth-order valence-electron chi connectivity index (χ4n) is 3.45. The van der Waals surface area contributed by atoms with Gasteiger partial charge in [-0.1, -0.05) is 6.07 Å². The molecule has 2 N–H and O–H groups in total. The number of likely N-dealkylation sites (tertiary alicyclic amines) is 1. The predicted molar refractivity (Wildman–Crippen MR) is 109 cm³/mol. The van der Waals surface area contributed by atoms with Crippen LogP contribution in [0.3, 0.4) is 0 Å². The molecule has 1 aliphatic heterocycles. The van der Waals surface area contributed by atoms with Crippen molar-refractivity contribution in [1.29, 1.82) is 0 Å². The second-order valence-electron chi connectivity index (χ2n) is 7.07. The van der Waals surface area contributed by atoms with Gasteiger partial charge in [-0.2, -0.15) is 0 Å². The van der Waals surface area contributed by atoms with Gasteiger partial charge in [-0.25, -0.2) is 0 Å². The van der Waals surface area contributed by atoms with Gasteiger partial charge in [0.2, 0.25) is 5.91 Å². The SMILES string of the molecule is O=C(Nc1cccc(NC(=O)[C@H]2CCCN(C(=O)c3ccco3)C2)c1)c1ccco1. The molecule has 1 aromatic carbocycles. The molecule has 1 aliphatic rings. The maximum absolute atomic E-state index is 12.8. The number of nitrogens with one attached hydrogen (secondary N) is 2. The van der Waals surface area contributed by atoms with E-state index in [9.17, 15) is 14.4 Å². The minimum atomic E-state index is -0.372. The minimum absolute atomic E-state index is 0.165. The number of rotatable bonds is 5. The standard InChI is InChI=1S/C22H21N3O5/c26-20(15-5-2-10-25(14-15)22(28)19-9-4-12-30-19)23-16-6-1-7-17(13-16)24-21(27)18-8-3-11-29-18/h1,3-4,6-9,11-13,15H,2,5,10,14H2,(H,23,26)(H,24,27)/t15-/m0/s1. The normalized spacial score (nSPS) is 16.1. The zero-order chi connectivity index (χ0) is 20.9. The Morgan fingerprint density at radius 1 is 0.900 bits per heavy atom. The average molecular weight is 407 g/mol. The average Bonchev–Trinajstić information content (AvgIpc) is 3.48. The lowest BCUT2D eigenvalue weighted by Gasteiger charge is -2.31. The fraction of sp³-hybridized carbons (Fsp3) is 0.227. The molecule has 3 aromatic rings. The van der Waals surface area contributed by atoms with Crippen LogP contribution in [0.1, 0.15) is 34.0 Å². The molecule has 3 heterocycles. The van der Waals surface area contributed by atoms with Crippen molar-refractivity contribution in [1.82, 2.24) is 4.90 Å². The second kappa shape index (κ2) is 8.69. The van der Waals surface area contributed by atoms with E-state index in [1.807, 2.05) is 0 Å². The number of carbonyl (C=O) groups is 3. The molecule has 1 atom stereocenters.